The van der Waals surface area contributed by atoms with Crippen molar-refractivity contribution in [2.24, 2.45) is 0 Å². The highest BCUT2D eigenvalue weighted by Gasteiger charge is 2.45. The molecular formula is C23H30N10O11. The third kappa shape index (κ3) is 5.18. The SMILES string of the molecule is O=c1[nH]c(NCCC(O)Nc2nc3c(ncn3[C@@H]3O[C@H](CO)[C@@H](O)[C@H]3O)c(=O)[nH]2)nc2c1ncn2[C@@H]1O[C@H](CO)[C@@H](O)[C@H]1O. The molecule has 4 aromatic rings. The van der Waals surface area contributed by atoms with Crippen LogP contribution in [0, 0.1) is 0 Å². The van der Waals surface area contributed by atoms with E-state index in [9.17, 15) is 45.3 Å². The van der Waals surface area contributed by atoms with Gasteiger partial charge in [0.05, 0.1) is 25.9 Å². The fourth-order valence-corrected chi connectivity index (χ4v) is 5.15. The Morgan fingerprint density at radius 1 is 0.795 bits per heavy atom. The summed E-state index contributed by atoms with van der Waals surface area (Å²) >= 11 is 0. The van der Waals surface area contributed by atoms with Crippen molar-refractivity contribution in [3.8, 4) is 0 Å². The molecule has 21 heteroatoms. The van der Waals surface area contributed by atoms with Crippen molar-refractivity contribution in [3.05, 3.63) is 33.4 Å². The van der Waals surface area contributed by atoms with Gasteiger partial charge >= 0.3 is 0 Å². The van der Waals surface area contributed by atoms with Gasteiger partial charge < -0.3 is 55.9 Å². The van der Waals surface area contributed by atoms with Crippen molar-refractivity contribution in [1.82, 2.24) is 39.0 Å². The summed E-state index contributed by atoms with van der Waals surface area (Å²) in [6, 6.07) is 0. The molecule has 0 bridgehead atoms. The number of ether oxygens (including phenoxy) is 2. The molecule has 2 aliphatic heterocycles. The van der Waals surface area contributed by atoms with E-state index in [1.165, 1.54) is 21.8 Å². The average molecular weight is 623 g/mol. The fraction of sp³-hybridized carbons (Fsp3) is 0.565. The Hall–Kier alpha value is -4.06. The van der Waals surface area contributed by atoms with E-state index in [4.69, 9.17) is 9.47 Å². The van der Waals surface area contributed by atoms with Crippen LogP contribution in [-0.4, -0.2) is 137 Å². The zero-order valence-electron chi connectivity index (χ0n) is 22.6. The lowest BCUT2D eigenvalue weighted by molar-refractivity contribution is -0.0511. The Kier molecular flexibility index (Phi) is 8.04. The van der Waals surface area contributed by atoms with Crippen LogP contribution in [-0.2, 0) is 9.47 Å². The quantitative estimate of drug-likeness (QED) is 0.0737. The normalized spacial score (nSPS) is 29.5. The van der Waals surface area contributed by atoms with Crippen molar-refractivity contribution in [2.45, 2.75) is 61.7 Å². The Labute approximate surface area is 244 Å². The maximum Gasteiger partial charge on any atom is 0.280 e. The number of aromatic nitrogens is 8. The van der Waals surface area contributed by atoms with Gasteiger partial charge in [-0.2, -0.15) is 9.97 Å². The van der Waals surface area contributed by atoms with Gasteiger partial charge in [-0.3, -0.25) is 28.7 Å². The lowest BCUT2D eigenvalue weighted by atomic mass is 10.1. The van der Waals surface area contributed by atoms with Crippen LogP contribution in [0.1, 0.15) is 18.9 Å². The van der Waals surface area contributed by atoms with Crippen LogP contribution in [0.2, 0.25) is 0 Å². The summed E-state index contributed by atoms with van der Waals surface area (Å²) < 4.78 is 13.5. The maximum absolute atomic E-state index is 12.6. The van der Waals surface area contributed by atoms with Crippen molar-refractivity contribution >= 4 is 34.2 Å². The highest BCUT2D eigenvalue weighted by atomic mass is 16.6. The molecule has 2 saturated heterocycles. The smallest absolute Gasteiger partial charge is 0.280 e. The maximum atomic E-state index is 12.6. The molecule has 238 valence electrons. The molecule has 6 rings (SSSR count). The number of H-pyrrole nitrogens is 2. The molecule has 0 aliphatic carbocycles. The van der Waals surface area contributed by atoms with Crippen molar-refractivity contribution in [3.63, 3.8) is 0 Å². The minimum atomic E-state index is -1.43. The number of aromatic amines is 2. The van der Waals surface area contributed by atoms with Crippen molar-refractivity contribution in [2.75, 3.05) is 30.4 Å². The van der Waals surface area contributed by atoms with Gasteiger partial charge in [-0.1, -0.05) is 0 Å². The van der Waals surface area contributed by atoms with Crippen LogP contribution >= 0.6 is 0 Å². The first kappa shape index (κ1) is 30.0. The lowest BCUT2D eigenvalue weighted by Gasteiger charge is -2.17. The number of nitrogens with zero attached hydrogens (tertiary/aromatic N) is 6. The topological polar surface area (TPSA) is 311 Å². The van der Waals surface area contributed by atoms with Gasteiger partial charge in [-0.05, 0) is 0 Å². The third-order valence-electron chi connectivity index (χ3n) is 7.46. The third-order valence-corrected chi connectivity index (χ3v) is 7.46. The van der Waals surface area contributed by atoms with E-state index < -0.39 is 79.6 Å². The summed E-state index contributed by atoms with van der Waals surface area (Å²) in [6.45, 7) is -1.03. The summed E-state index contributed by atoms with van der Waals surface area (Å²) in [5.74, 6) is -0.141. The molecule has 1 unspecified atom stereocenters. The van der Waals surface area contributed by atoms with Gasteiger partial charge in [0.2, 0.25) is 11.9 Å². The standard InChI is InChI=1S/C23H30N10O11/c34-3-7-12(37)14(39)20(43-7)32-5-25-10-16(32)28-22(30-18(10)41)24-2-1-9(36)27-23-29-17-11(19(42)31-23)26-6-33(17)21-15(40)13(38)8(4-35)44-21/h5-9,12-15,20-21,34-40H,1-4H2,(H2,24,28,30,41)(H2,27,29,31,42)/t7-,8-,9?,12-,13-,14-,15-,20-,21-/m1/s1. The molecule has 0 spiro atoms. The van der Waals surface area contributed by atoms with E-state index in [1.807, 2.05) is 0 Å². The molecule has 6 heterocycles. The molecule has 9 atom stereocenters. The number of imidazole rings is 2. The van der Waals surface area contributed by atoms with Crippen LogP contribution in [0.3, 0.4) is 0 Å². The van der Waals surface area contributed by atoms with Gasteiger partial charge in [0.25, 0.3) is 11.1 Å². The molecule has 4 aromatic heterocycles. The number of fused-ring (bicyclic) bond motifs is 2. The average Bonchev–Trinajstić information content (AvgIpc) is 3.74. The van der Waals surface area contributed by atoms with E-state index in [0.717, 1.165) is 0 Å². The van der Waals surface area contributed by atoms with E-state index in [2.05, 4.69) is 40.5 Å². The van der Waals surface area contributed by atoms with E-state index in [-0.39, 0.29) is 47.2 Å². The predicted molar refractivity (Wildman–Crippen MR) is 145 cm³/mol. The number of hydrogen-bond acceptors (Lipinski definition) is 17. The molecule has 0 saturated carbocycles. The molecular weight excluding hydrogens is 592 g/mol. The minimum absolute atomic E-state index is 0.00135. The van der Waals surface area contributed by atoms with Gasteiger partial charge in [-0.15, -0.1) is 0 Å². The zero-order chi connectivity index (χ0) is 31.3. The molecule has 0 aromatic carbocycles. The molecule has 0 amide bonds. The lowest BCUT2D eigenvalue weighted by Crippen LogP contribution is -2.33. The molecule has 2 fully saturated rings. The van der Waals surface area contributed by atoms with Crippen LogP contribution < -0.4 is 21.8 Å². The Morgan fingerprint density at radius 3 is 1.75 bits per heavy atom. The molecule has 0 radical (unpaired) electrons. The number of rotatable bonds is 10. The first-order valence-electron chi connectivity index (χ1n) is 13.5. The number of aliphatic hydroxyl groups excluding tert-OH is 7. The van der Waals surface area contributed by atoms with E-state index in [1.54, 1.807) is 0 Å². The predicted octanol–water partition coefficient (Wildman–Crippen LogP) is -4.99. The highest BCUT2D eigenvalue weighted by Crippen LogP contribution is 2.32. The second-order valence-corrected chi connectivity index (χ2v) is 10.3. The van der Waals surface area contributed by atoms with Crippen LogP contribution in [0.5, 0.6) is 0 Å². The Morgan fingerprint density at radius 2 is 1.27 bits per heavy atom. The van der Waals surface area contributed by atoms with Crippen LogP contribution in [0.25, 0.3) is 22.3 Å². The highest BCUT2D eigenvalue weighted by molar-refractivity contribution is 5.71. The van der Waals surface area contributed by atoms with E-state index in [0.29, 0.717) is 0 Å². The van der Waals surface area contributed by atoms with Crippen LogP contribution in [0.4, 0.5) is 11.9 Å². The molecule has 2 aliphatic rings. The minimum Gasteiger partial charge on any atom is -0.394 e. The number of aliphatic hydroxyl groups is 7. The number of nitrogens with one attached hydrogen (secondary N) is 4. The monoisotopic (exact) mass is 622 g/mol. The van der Waals surface area contributed by atoms with Crippen LogP contribution in [0.15, 0.2) is 22.2 Å². The first-order valence-corrected chi connectivity index (χ1v) is 13.5. The summed E-state index contributed by atoms with van der Waals surface area (Å²) in [5.41, 5.74) is -1.40. The summed E-state index contributed by atoms with van der Waals surface area (Å²) in [4.78, 5) is 46.7. The first-order chi connectivity index (χ1) is 21.1. The molecule has 21 nitrogen and oxygen atoms in total. The Bertz CT molecular complexity index is 1760. The van der Waals surface area contributed by atoms with Gasteiger partial charge in [0.1, 0.15) is 42.9 Å². The van der Waals surface area contributed by atoms with Gasteiger partial charge in [-0.25, -0.2) is 9.97 Å². The second kappa shape index (κ2) is 11.8. The van der Waals surface area contributed by atoms with Crippen molar-refractivity contribution < 1.29 is 45.2 Å². The second-order valence-electron chi connectivity index (χ2n) is 10.3. The zero-order valence-corrected chi connectivity index (χ0v) is 22.6. The molecule has 11 N–H and O–H groups in total. The summed E-state index contributed by atoms with van der Waals surface area (Å²) in [6.07, 6.45) is -8.88. The summed E-state index contributed by atoms with van der Waals surface area (Å²) in [5, 5.41) is 75.6. The summed E-state index contributed by atoms with van der Waals surface area (Å²) in [7, 11) is 0. The van der Waals surface area contributed by atoms with Gasteiger partial charge in [0, 0.05) is 13.0 Å². The van der Waals surface area contributed by atoms with Crippen molar-refractivity contribution in [1.29, 1.82) is 0 Å². The largest absolute Gasteiger partial charge is 0.394 e. The number of hydrogen-bond donors (Lipinski definition) is 11. The van der Waals surface area contributed by atoms with Gasteiger partial charge in [0.15, 0.2) is 34.8 Å². The Balaban J connectivity index is 1.13. The molecule has 44 heavy (non-hydrogen) atoms. The fourth-order valence-electron chi connectivity index (χ4n) is 5.15. The van der Waals surface area contributed by atoms with E-state index >= 15 is 0 Å². The number of anilines is 2.